The molecule has 1 aliphatic heterocycles. The van der Waals surface area contributed by atoms with Crippen molar-refractivity contribution in [1.29, 1.82) is 0 Å². The Hall–Kier alpha value is -3.39. The van der Waals surface area contributed by atoms with Gasteiger partial charge in [-0.25, -0.2) is 9.78 Å². The maximum atomic E-state index is 12.4. The number of fused-ring (bicyclic) bond motifs is 2. The van der Waals surface area contributed by atoms with Crippen molar-refractivity contribution in [2.75, 3.05) is 27.4 Å². The molecule has 8 nitrogen and oxygen atoms in total. The van der Waals surface area contributed by atoms with Crippen LogP contribution >= 0.6 is 0 Å². The minimum atomic E-state index is -0.466. The fraction of sp³-hybridized carbons (Fsp3) is 0.286. The molecule has 2 heterocycles. The molecule has 29 heavy (non-hydrogen) atoms. The number of hydrogen-bond donors (Lipinski definition) is 1. The first kappa shape index (κ1) is 18.9. The molecule has 1 aromatic heterocycles. The second-order valence-corrected chi connectivity index (χ2v) is 6.89. The lowest BCUT2D eigenvalue weighted by molar-refractivity contribution is 0.0601. The predicted octanol–water partition coefficient (Wildman–Crippen LogP) is 2.11. The lowest BCUT2D eigenvalue weighted by atomic mass is 10.1. The summed E-state index contributed by atoms with van der Waals surface area (Å²) in [6.07, 6.45) is 0. The summed E-state index contributed by atoms with van der Waals surface area (Å²) in [6, 6.07) is 10.6. The normalized spacial score (nSPS) is 12.9. The Morgan fingerprint density at radius 1 is 1.14 bits per heavy atom. The number of H-pyrrole nitrogens is 1. The Balaban J connectivity index is 1.53. The zero-order valence-electron chi connectivity index (χ0n) is 16.2. The van der Waals surface area contributed by atoms with Crippen LogP contribution < -0.4 is 15.0 Å². The standard InChI is InChI=1S/C21H21N3O5/c1-24(11-13-3-6-17-18(9-13)29-8-7-28-17)12-19-22-16-10-14(21(26)27-2)4-5-15(16)20(25)23-19/h3-6,9-10H,7-8,11-12H2,1-2H3,(H,22,23,25). The first-order valence-corrected chi connectivity index (χ1v) is 9.22. The predicted molar refractivity (Wildman–Crippen MR) is 106 cm³/mol. The van der Waals surface area contributed by atoms with Crippen LogP contribution in [-0.2, 0) is 17.8 Å². The number of aromatic nitrogens is 2. The lowest BCUT2D eigenvalue weighted by Gasteiger charge is -2.21. The largest absolute Gasteiger partial charge is 0.486 e. The highest BCUT2D eigenvalue weighted by molar-refractivity contribution is 5.93. The molecule has 0 atom stereocenters. The van der Waals surface area contributed by atoms with E-state index in [1.807, 2.05) is 30.1 Å². The van der Waals surface area contributed by atoms with Crippen LogP contribution in [0.25, 0.3) is 10.9 Å². The number of nitrogens with one attached hydrogen (secondary N) is 1. The van der Waals surface area contributed by atoms with Gasteiger partial charge in [0.15, 0.2) is 11.5 Å². The van der Waals surface area contributed by atoms with Crippen LogP contribution in [0.3, 0.4) is 0 Å². The van der Waals surface area contributed by atoms with Crippen molar-refractivity contribution in [2.24, 2.45) is 0 Å². The highest BCUT2D eigenvalue weighted by atomic mass is 16.6. The van der Waals surface area contributed by atoms with Crippen LogP contribution in [0, 0.1) is 0 Å². The summed E-state index contributed by atoms with van der Waals surface area (Å²) in [5.41, 5.74) is 1.63. The molecule has 0 aliphatic carbocycles. The van der Waals surface area contributed by atoms with Crippen molar-refractivity contribution >= 4 is 16.9 Å². The molecular formula is C21H21N3O5. The second kappa shape index (κ2) is 7.92. The van der Waals surface area contributed by atoms with Gasteiger partial charge >= 0.3 is 5.97 Å². The molecule has 4 rings (SSSR count). The van der Waals surface area contributed by atoms with Crippen LogP contribution in [-0.4, -0.2) is 48.2 Å². The first-order chi connectivity index (χ1) is 14.0. The van der Waals surface area contributed by atoms with Crippen molar-refractivity contribution in [3.63, 3.8) is 0 Å². The molecule has 0 fully saturated rings. The van der Waals surface area contributed by atoms with E-state index < -0.39 is 5.97 Å². The number of aromatic amines is 1. The number of benzene rings is 2. The fourth-order valence-corrected chi connectivity index (χ4v) is 3.32. The van der Waals surface area contributed by atoms with Gasteiger partial charge < -0.3 is 19.2 Å². The molecule has 2 aromatic carbocycles. The third kappa shape index (κ3) is 4.07. The Morgan fingerprint density at radius 2 is 1.93 bits per heavy atom. The molecule has 0 amide bonds. The average molecular weight is 395 g/mol. The highest BCUT2D eigenvalue weighted by Gasteiger charge is 2.14. The summed E-state index contributed by atoms with van der Waals surface area (Å²) in [5.74, 6) is 1.55. The van der Waals surface area contributed by atoms with Gasteiger partial charge in [0.1, 0.15) is 19.0 Å². The Kier molecular flexibility index (Phi) is 5.18. The SMILES string of the molecule is COC(=O)c1ccc2c(=O)[nH]c(CN(C)Cc3ccc4c(c3)OCCO4)nc2c1. The molecule has 3 aromatic rings. The van der Waals surface area contributed by atoms with Crippen LogP contribution in [0.2, 0.25) is 0 Å². The number of esters is 1. The summed E-state index contributed by atoms with van der Waals surface area (Å²) in [6.45, 7) is 2.18. The lowest BCUT2D eigenvalue weighted by Crippen LogP contribution is -2.22. The Morgan fingerprint density at radius 3 is 2.72 bits per heavy atom. The summed E-state index contributed by atoms with van der Waals surface area (Å²) in [7, 11) is 3.25. The van der Waals surface area contributed by atoms with E-state index in [9.17, 15) is 9.59 Å². The molecule has 0 radical (unpaired) electrons. The zero-order valence-corrected chi connectivity index (χ0v) is 16.2. The van der Waals surface area contributed by atoms with Gasteiger partial charge in [0.05, 0.1) is 30.1 Å². The smallest absolute Gasteiger partial charge is 0.337 e. The second-order valence-electron chi connectivity index (χ2n) is 6.89. The van der Waals surface area contributed by atoms with Gasteiger partial charge in [0, 0.05) is 6.54 Å². The van der Waals surface area contributed by atoms with E-state index in [0.717, 1.165) is 17.1 Å². The average Bonchev–Trinajstić information content (AvgIpc) is 2.72. The van der Waals surface area contributed by atoms with Gasteiger partial charge in [-0.05, 0) is 42.9 Å². The van der Waals surface area contributed by atoms with Gasteiger partial charge in [0.25, 0.3) is 5.56 Å². The van der Waals surface area contributed by atoms with E-state index >= 15 is 0 Å². The maximum Gasteiger partial charge on any atom is 0.337 e. The van der Waals surface area contributed by atoms with Gasteiger partial charge in [-0.3, -0.25) is 9.69 Å². The Bertz CT molecular complexity index is 1120. The summed E-state index contributed by atoms with van der Waals surface area (Å²) >= 11 is 0. The number of hydrogen-bond acceptors (Lipinski definition) is 7. The van der Waals surface area contributed by atoms with Gasteiger partial charge in [-0.15, -0.1) is 0 Å². The number of ether oxygens (including phenoxy) is 3. The van der Waals surface area contributed by atoms with Gasteiger partial charge in [0.2, 0.25) is 0 Å². The monoisotopic (exact) mass is 395 g/mol. The highest BCUT2D eigenvalue weighted by Crippen LogP contribution is 2.31. The maximum absolute atomic E-state index is 12.4. The van der Waals surface area contributed by atoms with Crippen LogP contribution in [0.5, 0.6) is 11.5 Å². The van der Waals surface area contributed by atoms with Gasteiger partial charge in [-0.1, -0.05) is 6.07 Å². The van der Waals surface area contributed by atoms with E-state index in [1.54, 1.807) is 18.2 Å². The van der Waals surface area contributed by atoms with E-state index in [4.69, 9.17) is 14.2 Å². The molecule has 150 valence electrons. The van der Waals surface area contributed by atoms with Crippen molar-refractivity contribution < 1.29 is 19.0 Å². The minimum Gasteiger partial charge on any atom is -0.486 e. The summed E-state index contributed by atoms with van der Waals surface area (Å²) in [4.78, 5) is 33.5. The molecule has 1 N–H and O–H groups in total. The van der Waals surface area contributed by atoms with Crippen LogP contribution in [0.15, 0.2) is 41.2 Å². The fourth-order valence-electron chi connectivity index (χ4n) is 3.32. The molecule has 8 heteroatoms. The molecule has 0 saturated heterocycles. The van der Waals surface area contributed by atoms with E-state index in [2.05, 4.69) is 9.97 Å². The molecule has 0 bridgehead atoms. The number of carbonyl (C=O) groups excluding carboxylic acids is 1. The molecular weight excluding hydrogens is 374 g/mol. The third-order valence-corrected chi connectivity index (χ3v) is 4.66. The topological polar surface area (TPSA) is 93.8 Å². The number of methoxy groups -OCH3 is 1. The van der Waals surface area contributed by atoms with Crippen molar-refractivity contribution in [3.05, 3.63) is 63.7 Å². The summed E-state index contributed by atoms with van der Waals surface area (Å²) < 4.78 is 15.9. The summed E-state index contributed by atoms with van der Waals surface area (Å²) in [5, 5.41) is 0.427. The van der Waals surface area contributed by atoms with Crippen molar-refractivity contribution in [3.8, 4) is 11.5 Å². The van der Waals surface area contributed by atoms with E-state index in [1.165, 1.54) is 7.11 Å². The molecule has 0 saturated carbocycles. The minimum absolute atomic E-state index is 0.242. The quantitative estimate of drug-likeness (QED) is 0.661. The van der Waals surface area contributed by atoms with E-state index in [0.29, 0.717) is 48.6 Å². The third-order valence-electron chi connectivity index (χ3n) is 4.66. The Labute approximate surface area is 167 Å². The van der Waals surface area contributed by atoms with E-state index in [-0.39, 0.29) is 5.56 Å². The zero-order chi connectivity index (χ0) is 20.4. The van der Waals surface area contributed by atoms with Gasteiger partial charge in [-0.2, -0.15) is 0 Å². The molecule has 0 unspecified atom stereocenters. The van der Waals surface area contributed by atoms with Crippen molar-refractivity contribution in [2.45, 2.75) is 13.1 Å². The number of carbonyl (C=O) groups is 1. The molecule has 0 spiro atoms. The van der Waals surface area contributed by atoms with Crippen molar-refractivity contribution in [1.82, 2.24) is 14.9 Å². The molecule has 1 aliphatic rings. The number of nitrogens with zero attached hydrogens (tertiary/aromatic N) is 2. The number of rotatable bonds is 5. The first-order valence-electron chi connectivity index (χ1n) is 9.22. The van der Waals surface area contributed by atoms with Crippen LogP contribution in [0.4, 0.5) is 0 Å². The van der Waals surface area contributed by atoms with Crippen LogP contribution in [0.1, 0.15) is 21.7 Å².